The number of rotatable bonds is 7. The lowest BCUT2D eigenvalue weighted by Crippen LogP contribution is -2.15. The van der Waals surface area contributed by atoms with Crippen LogP contribution >= 0.6 is 0 Å². The van der Waals surface area contributed by atoms with Crippen molar-refractivity contribution in [3.63, 3.8) is 0 Å². The van der Waals surface area contributed by atoms with Crippen molar-refractivity contribution in [1.82, 2.24) is 0 Å². The first-order valence-corrected chi connectivity index (χ1v) is 19.6. The fraction of sp³-hybridized carbons (Fsp3) is 0.0545. The van der Waals surface area contributed by atoms with Crippen LogP contribution < -0.4 is 0 Å². The molecule has 0 radical (unpaired) electrons. The molecular weight excluding hydrogens is 689 g/mol. The molecule has 1 aliphatic rings. The third-order valence-corrected chi connectivity index (χ3v) is 11.8. The zero-order valence-electron chi connectivity index (χ0n) is 32.0. The Hall–Kier alpha value is -7.16. The molecule has 270 valence electrons. The van der Waals surface area contributed by atoms with E-state index in [1.807, 2.05) is 42.6 Å². The SMILES string of the molecule is CC1(C)c2cc(-c3ccc(C=N/C(=C\C(=N)c4ccccc4)c4ccc(-c5ccc6ccccc6c5)cc4)c4ccccc34)ccc2-c2c1ccc1ccccc21. The Kier molecular flexibility index (Phi) is 8.34. The molecule has 0 unspecified atom stereocenters. The Morgan fingerprint density at radius 2 is 1.11 bits per heavy atom. The number of nitrogens with zero attached hydrogens (tertiary/aromatic N) is 1. The van der Waals surface area contributed by atoms with Gasteiger partial charge in [-0.15, -0.1) is 0 Å². The largest absolute Gasteiger partial charge is 0.300 e. The minimum Gasteiger partial charge on any atom is -0.300 e. The Labute approximate surface area is 333 Å². The van der Waals surface area contributed by atoms with Gasteiger partial charge in [0, 0.05) is 22.8 Å². The standard InChI is InChI=1S/C55H40N2/c1-55(2)50-31-28-38-13-8-9-18-47(38)54(50)49-30-26-43(33-51(49)55)46-29-27-44(45-17-10-11-19-48(45)46)35-57-53(34-52(56)39-14-4-3-5-15-39)40-23-20-37(21-24-40)42-25-22-36-12-6-7-16-41(36)32-42/h3-35,56H,1-2H3/b53-34-,56-52?,57-35?. The second-order valence-electron chi connectivity index (χ2n) is 15.5. The van der Waals surface area contributed by atoms with E-state index in [2.05, 4.69) is 172 Å². The van der Waals surface area contributed by atoms with Gasteiger partial charge in [-0.2, -0.15) is 0 Å². The van der Waals surface area contributed by atoms with Crippen LogP contribution in [0.5, 0.6) is 0 Å². The summed E-state index contributed by atoms with van der Waals surface area (Å²) in [5.74, 6) is 0. The van der Waals surface area contributed by atoms with Crippen LogP contribution in [0.4, 0.5) is 0 Å². The van der Waals surface area contributed by atoms with Gasteiger partial charge < -0.3 is 5.41 Å². The first-order chi connectivity index (χ1) is 27.9. The molecule has 0 aliphatic heterocycles. The Balaban J connectivity index is 1.02. The average Bonchev–Trinajstić information content (AvgIpc) is 3.50. The van der Waals surface area contributed by atoms with Crippen LogP contribution in [-0.2, 0) is 5.41 Å². The number of nitrogens with one attached hydrogen (secondary N) is 1. The summed E-state index contributed by atoms with van der Waals surface area (Å²) in [6, 6.07) is 66.8. The third-order valence-electron chi connectivity index (χ3n) is 11.8. The maximum Gasteiger partial charge on any atom is 0.0723 e. The summed E-state index contributed by atoms with van der Waals surface area (Å²) in [6.45, 7) is 4.71. The molecule has 9 aromatic rings. The van der Waals surface area contributed by atoms with Crippen molar-refractivity contribution in [2.24, 2.45) is 4.99 Å². The molecule has 0 amide bonds. The molecular formula is C55H40N2. The maximum atomic E-state index is 9.01. The van der Waals surface area contributed by atoms with Crippen LogP contribution in [0.1, 0.15) is 41.7 Å². The van der Waals surface area contributed by atoms with Crippen molar-refractivity contribution >= 4 is 49.9 Å². The van der Waals surface area contributed by atoms with Crippen LogP contribution in [0.15, 0.2) is 199 Å². The number of fused-ring (bicyclic) bond motifs is 7. The zero-order chi connectivity index (χ0) is 38.5. The second kappa shape index (κ2) is 13.8. The number of hydrogen-bond donors (Lipinski definition) is 1. The molecule has 0 fully saturated rings. The van der Waals surface area contributed by atoms with Gasteiger partial charge in [0.1, 0.15) is 0 Å². The lowest BCUT2D eigenvalue weighted by molar-refractivity contribution is 0.661. The summed E-state index contributed by atoms with van der Waals surface area (Å²) in [5.41, 5.74) is 14.0. The monoisotopic (exact) mass is 728 g/mol. The maximum absolute atomic E-state index is 9.01. The first-order valence-electron chi connectivity index (χ1n) is 19.6. The summed E-state index contributed by atoms with van der Waals surface area (Å²) in [7, 11) is 0. The van der Waals surface area contributed by atoms with E-state index in [1.165, 1.54) is 65.9 Å². The second-order valence-corrected chi connectivity index (χ2v) is 15.5. The topological polar surface area (TPSA) is 36.2 Å². The zero-order valence-corrected chi connectivity index (χ0v) is 32.0. The summed E-state index contributed by atoms with van der Waals surface area (Å²) in [5, 5.41) is 16.4. The molecule has 0 spiro atoms. The van der Waals surface area contributed by atoms with Crippen molar-refractivity contribution in [2.45, 2.75) is 19.3 Å². The minimum atomic E-state index is -0.114. The van der Waals surface area contributed by atoms with E-state index in [0.717, 1.165) is 33.3 Å². The van der Waals surface area contributed by atoms with Gasteiger partial charge in [-0.3, -0.25) is 4.99 Å². The predicted molar refractivity (Wildman–Crippen MR) is 243 cm³/mol. The molecule has 0 saturated heterocycles. The van der Waals surface area contributed by atoms with Crippen molar-refractivity contribution < 1.29 is 0 Å². The lowest BCUT2D eigenvalue weighted by Gasteiger charge is -2.22. The number of aliphatic imine (C=N–C) groups is 1. The molecule has 1 N–H and O–H groups in total. The highest BCUT2D eigenvalue weighted by Crippen LogP contribution is 2.52. The van der Waals surface area contributed by atoms with Gasteiger partial charge in [-0.05, 0) is 101 Å². The van der Waals surface area contributed by atoms with Gasteiger partial charge in [0.05, 0.1) is 11.4 Å². The molecule has 0 atom stereocenters. The number of hydrogen-bond acceptors (Lipinski definition) is 2. The van der Waals surface area contributed by atoms with Gasteiger partial charge in [0.2, 0.25) is 0 Å². The van der Waals surface area contributed by atoms with E-state index in [9.17, 15) is 0 Å². The molecule has 9 aromatic carbocycles. The van der Waals surface area contributed by atoms with E-state index in [-0.39, 0.29) is 5.41 Å². The predicted octanol–water partition coefficient (Wildman–Crippen LogP) is 14.3. The quantitative estimate of drug-likeness (QED) is 0.159. The fourth-order valence-electron chi connectivity index (χ4n) is 8.74. The van der Waals surface area contributed by atoms with E-state index in [0.29, 0.717) is 5.71 Å². The molecule has 0 aromatic heterocycles. The Morgan fingerprint density at radius 3 is 1.91 bits per heavy atom. The molecule has 10 rings (SSSR count). The summed E-state index contributed by atoms with van der Waals surface area (Å²) in [6.07, 6.45) is 3.84. The van der Waals surface area contributed by atoms with Crippen LogP contribution in [0.25, 0.3) is 71.4 Å². The van der Waals surface area contributed by atoms with Crippen molar-refractivity contribution in [3.05, 3.63) is 222 Å². The van der Waals surface area contributed by atoms with Crippen LogP contribution in [0, 0.1) is 5.41 Å². The summed E-state index contributed by atoms with van der Waals surface area (Å²) < 4.78 is 0. The van der Waals surface area contributed by atoms with E-state index < -0.39 is 0 Å². The van der Waals surface area contributed by atoms with E-state index in [1.54, 1.807) is 0 Å². The van der Waals surface area contributed by atoms with E-state index >= 15 is 0 Å². The highest BCUT2D eigenvalue weighted by molar-refractivity contribution is 6.12. The van der Waals surface area contributed by atoms with Gasteiger partial charge >= 0.3 is 0 Å². The van der Waals surface area contributed by atoms with E-state index in [4.69, 9.17) is 10.4 Å². The highest BCUT2D eigenvalue weighted by Gasteiger charge is 2.36. The first kappa shape index (κ1) is 34.3. The van der Waals surface area contributed by atoms with Gasteiger partial charge in [0.15, 0.2) is 0 Å². The molecule has 2 nitrogen and oxygen atoms in total. The summed E-state index contributed by atoms with van der Waals surface area (Å²) >= 11 is 0. The van der Waals surface area contributed by atoms with Crippen LogP contribution in [0.2, 0.25) is 0 Å². The molecule has 0 heterocycles. The molecule has 57 heavy (non-hydrogen) atoms. The van der Waals surface area contributed by atoms with Gasteiger partial charge in [-0.25, -0.2) is 0 Å². The van der Waals surface area contributed by atoms with Crippen molar-refractivity contribution in [1.29, 1.82) is 5.41 Å². The molecule has 0 bridgehead atoms. The third kappa shape index (κ3) is 6.07. The fourth-order valence-corrected chi connectivity index (χ4v) is 8.74. The smallest absolute Gasteiger partial charge is 0.0723 e. The van der Waals surface area contributed by atoms with Gasteiger partial charge in [-0.1, -0.05) is 190 Å². The Morgan fingerprint density at radius 1 is 0.474 bits per heavy atom. The van der Waals surface area contributed by atoms with Crippen molar-refractivity contribution in [2.75, 3.05) is 0 Å². The average molecular weight is 729 g/mol. The summed E-state index contributed by atoms with van der Waals surface area (Å²) in [4.78, 5) is 5.13. The number of allylic oxidation sites excluding steroid dienone is 1. The lowest BCUT2D eigenvalue weighted by atomic mass is 9.81. The molecule has 2 heteroatoms. The minimum absolute atomic E-state index is 0.114. The van der Waals surface area contributed by atoms with Gasteiger partial charge in [0.25, 0.3) is 0 Å². The van der Waals surface area contributed by atoms with Crippen molar-refractivity contribution in [3.8, 4) is 33.4 Å². The highest BCUT2D eigenvalue weighted by atomic mass is 14.7. The molecule has 1 aliphatic carbocycles. The van der Waals surface area contributed by atoms with Crippen LogP contribution in [-0.4, -0.2) is 11.9 Å². The van der Waals surface area contributed by atoms with Crippen LogP contribution in [0.3, 0.4) is 0 Å². The molecule has 0 saturated carbocycles. The number of benzene rings is 9. The normalized spacial score (nSPS) is 13.3. The Bertz CT molecular complexity index is 3090.